The number of fused-ring (bicyclic) bond motifs is 1. The Labute approximate surface area is 103 Å². The first-order chi connectivity index (χ1) is 8.72. The van der Waals surface area contributed by atoms with E-state index in [0.29, 0.717) is 17.6 Å². The Hall–Kier alpha value is -1.95. The maximum absolute atomic E-state index is 11.9. The third-order valence-electron chi connectivity index (χ3n) is 3.49. The van der Waals surface area contributed by atoms with Crippen molar-refractivity contribution in [3.8, 4) is 0 Å². The number of hydrogen-bond acceptors (Lipinski definition) is 4. The second-order valence-corrected chi connectivity index (χ2v) is 4.87. The van der Waals surface area contributed by atoms with E-state index in [1.54, 1.807) is 18.2 Å². The summed E-state index contributed by atoms with van der Waals surface area (Å²) in [5.41, 5.74) is 1.89. The molecule has 0 atom stereocenters. The monoisotopic (exact) mass is 246 g/mol. The molecule has 0 saturated heterocycles. The number of carbonyl (C=O) groups excluding carboxylic acids is 1. The van der Waals surface area contributed by atoms with Gasteiger partial charge in [0.2, 0.25) is 0 Å². The van der Waals surface area contributed by atoms with Crippen LogP contribution in [0, 0.1) is 5.41 Å². The van der Waals surface area contributed by atoms with Gasteiger partial charge in [0.25, 0.3) is 5.91 Å². The predicted molar refractivity (Wildman–Crippen MR) is 65.0 cm³/mol. The largest absolute Gasteiger partial charge is 0.396 e. The van der Waals surface area contributed by atoms with Gasteiger partial charge in [0.05, 0.1) is 6.61 Å². The molecule has 2 aromatic rings. The number of hydrogen-bond donors (Lipinski definition) is 3. The van der Waals surface area contributed by atoms with Gasteiger partial charge in [-0.2, -0.15) is 15.4 Å². The molecule has 1 fully saturated rings. The van der Waals surface area contributed by atoms with E-state index in [2.05, 4.69) is 20.7 Å². The summed E-state index contributed by atoms with van der Waals surface area (Å²) < 4.78 is 0. The molecule has 0 aliphatic heterocycles. The van der Waals surface area contributed by atoms with E-state index in [1.807, 2.05) is 0 Å². The molecule has 0 unspecified atom stereocenters. The second-order valence-electron chi connectivity index (χ2n) is 4.87. The molecule has 18 heavy (non-hydrogen) atoms. The molecule has 94 valence electrons. The second kappa shape index (κ2) is 4.06. The van der Waals surface area contributed by atoms with E-state index < -0.39 is 0 Å². The zero-order valence-corrected chi connectivity index (χ0v) is 9.81. The fourth-order valence-electron chi connectivity index (χ4n) is 1.92. The summed E-state index contributed by atoms with van der Waals surface area (Å²) in [6.07, 6.45) is 1.96. The van der Waals surface area contributed by atoms with Gasteiger partial charge < -0.3 is 10.4 Å². The molecular formula is C12H14N4O2. The standard InChI is InChI=1S/C12H14N4O2/c17-7-12(3-4-12)6-13-11(18)8-1-2-9-10(5-8)15-16-14-9/h1-2,5,17H,3-4,6-7H2,(H,13,18)(H,14,15,16). The van der Waals surface area contributed by atoms with Crippen LogP contribution < -0.4 is 5.32 Å². The Morgan fingerprint density at radius 3 is 2.89 bits per heavy atom. The molecule has 1 heterocycles. The van der Waals surface area contributed by atoms with Crippen LogP contribution in [-0.2, 0) is 0 Å². The number of benzene rings is 1. The number of rotatable bonds is 4. The molecule has 1 saturated carbocycles. The smallest absolute Gasteiger partial charge is 0.251 e. The van der Waals surface area contributed by atoms with Crippen LogP contribution in [0.1, 0.15) is 23.2 Å². The van der Waals surface area contributed by atoms with Crippen LogP contribution in [0.4, 0.5) is 0 Å². The third-order valence-corrected chi connectivity index (χ3v) is 3.49. The first-order valence-electron chi connectivity index (χ1n) is 5.92. The number of aromatic amines is 1. The molecule has 1 amide bonds. The molecule has 1 aromatic carbocycles. The number of aliphatic hydroxyl groups excluding tert-OH is 1. The minimum atomic E-state index is -0.139. The van der Waals surface area contributed by atoms with Crippen LogP contribution >= 0.6 is 0 Å². The van der Waals surface area contributed by atoms with Crippen LogP contribution in [0.3, 0.4) is 0 Å². The van der Waals surface area contributed by atoms with Crippen molar-refractivity contribution in [2.24, 2.45) is 5.41 Å². The van der Waals surface area contributed by atoms with E-state index in [1.165, 1.54) is 0 Å². The summed E-state index contributed by atoms with van der Waals surface area (Å²) in [5, 5.41) is 22.4. The Bertz CT molecular complexity index is 589. The lowest BCUT2D eigenvalue weighted by Crippen LogP contribution is -2.31. The molecule has 1 aliphatic rings. The van der Waals surface area contributed by atoms with Gasteiger partial charge in [-0.3, -0.25) is 4.79 Å². The first-order valence-corrected chi connectivity index (χ1v) is 5.92. The Morgan fingerprint density at radius 1 is 1.39 bits per heavy atom. The summed E-state index contributed by atoms with van der Waals surface area (Å²) in [6, 6.07) is 5.18. The van der Waals surface area contributed by atoms with Gasteiger partial charge in [-0.25, -0.2) is 0 Å². The zero-order valence-electron chi connectivity index (χ0n) is 9.81. The van der Waals surface area contributed by atoms with Gasteiger partial charge in [0, 0.05) is 17.5 Å². The summed E-state index contributed by atoms with van der Waals surface area (Å²) in [5.74, 6) is -0.139. The predicted octanol–water partition coefficient (Wildman–Crippen LogP) is 0.460. The van der Waals surface area contributed by atoms with Gasteiger partial charge in [-0.05, 0) is 31.0 Å². The van der Waals surface area contributed by atoms with Gasteiger partial charge in [-0.1, -0.05) is 0 Å². The molecule has 0 spiro atoms. The fourth-order valence-corrected chi connectivity index (χ4v) is 1.92. The average molecular weight is 246 g/mol. The Morgan fingerprint density at radius 2 is 2.17 bits per heavy atom. The first kappa shape index (κ1) is 11.2. The SMILES string of the molecule is O=C(NCC1(CO)CC1)c1ccc2n[nH]nc2c1. The van der Waals surface area contributed by atoms with Crippen molar-refractivity contribution in [1.82, 2.24) is 20.7 Å². The van der Waals surface area contributed by atoms with Crippen molar-refractivity contribution in [1.29, 1.82) is 0 Å². The number of H-pyrrole nitrogens is 1. The van der Waals surface area contributed by atoms with Crippen LogP contribution in [0.2, 0.25) is 0 Å². The maximum Gasteiger partial charge on any atom is 0.251 e. The van der Waals surface area contributed by atoms with E-state index in [0.717, 1.165) is 18.4 Å². The van der Waals surface area contributed by atoms with Crippen LogP contribution in [0.25, 0.3) is 11.0 Å². The third kappa shape index (κ3) is 1.95. The molecule has 6 heteroatoms. The number of nitrogens with one attached hydrogen (secondary N) is 2. The molecule has 3 rings (SSSR count). The van der Waals surface area contributed by atoms with E-state index in [-0.39, 0.29) is 17.9 Å². The molecule has 6 nitrogen and oxygen atoms in total. The number of aromatic nitrogens is 3. The Kier molecular flexibility index (Phi) is 2.52. The van der Waals surface area contributed by atoms with Crippen molar-refractivity contribution < 1.29 is 9.90 Å². The summed E-state index contributed by atoms with van der Waals surface area (Å²) >= 11 is 0. The van der Waals surface area contributed by atoms with Crippen molar-refractivity contribution in [3.63, 3.8) is 0 Å². The van der Waals surface area contributed by atoms with Gasteiger partial charge >= 0.3 is 0 Å². The summed E-state index contributed by atoms with van der Waals surface area (Å²) in [6.45, 7) is 0.661. The highest BCUT2D eigenvalue weighted by Crippen LogP contribution is 2.44. The van der Waals surface area contributed by atoms with Crippen LogP contribution in [-0.4, -0.2) is 39.6 Å². The highest BCUT2D eigenvalue weighted by Gasteiger charge is 2.42. The van der Waals surface area contributed by atoms with Gasteiger partial charge in [0.1, 0.15) is 11.0 Å². The van der Waals surface area contributed by atoms with Crippen molar-refractivity contribution in [3.05, 3.63) is 23.8 Å². The fraction of sp³-hybridized carbons (Fsp3) is 0.417. The number of amides is 1. The van der Waals surface area contributed by atoms with E-state index >= 15 is 0 Å². The van der Waals surface area contributed by atoms with Crippen molar-refractivity contribution >= 4 is 16.9 Å². The average Bonchev–Trinajstić information content (AvgIpc) is 3.04. The quantitative estimate of drug-likeness (QED) is 0.731. The highest BCUT2D eigenvalue weighted by atomic mass is 16.3. The number of nitrogens with zero attached hydrogens (tertiary/aromatic N) is 2. The molecule has 1 aromatic heterocycles. The summed E-state index contributed by atoms with van der Waals surface area (Å²) in [7, 11) is 0. The molecule has 0 radical (unpaired) electrons. The van der Waals surface area contributed by atoms with Crippen molar-refractivity contribution in [2.45, 2.75) is 12.8 Å². The van der Waals surface area contributed by atoms with E-state index in [9.17, 15) is 9.90 Å². The minimum Gasteiger partial charge on any atom is -0.396 e. The minimum absolute atomic E-state index is 0.0757. The topological polar surface area (TPSA) is 90.9 Å². The van der Waals surface area contributed by atoms with E-state index in [4.69, 9.17) is 0 Å². The molecule has 0 bridgehead atoms. The van der Waals surface area contributed by atoms with Crippen molar-refractivity contribution in [2.75, 3.05) is 13.2 Å². The molecule has 1 aliphatic carbocycles. The highest BCUT2D eigenvalue weighted by molar-refractivity contribution is 5.97. The lowest BCUT2D eigenvalue weighted by atomic mass is 10.1. The van der Waals surface area contributed by atoms with Gasteiger partial charge in [-0.15, -0.1) is 0 Å². The number of aliphatic hydroxyl groups is 1. The maximum atomic E-state index is 11.9. The normalized spacial score (nSPS) is 16.7. The van der Waals surface area contributed by atoms with Gasteiger partial charge in [0.15, 0.2) is 0 Å². The number of carbonyl (C=O) groups is 1. The zero-order chi connectivity index (χ0) is 12.6. The molecule has 3 N–H and O–H groups in total. The van der Waals surface area contributed by atoms with Crippen LogP contribution in [0.15, 0.2) is 18.2 Å². The lowest BCUT2D eigenvalue weighted by molar-refractivity contribution is 0.0935. The lowest BCUT2D eigenvalue weighted by Gasteiger charge is -2.12. The Balaban J connectivity index is 1.71. The van der Waals surface area contributed by atoms with Crippen LogP contribution in [0.5, 0.6) is 0 Å². The summed E-state index contributed by atoms with van der Waals surface area (Å²) in [4.78, 5) is 11.9. The molecular weight excluding hydrogens is 232 g/mol.